The van der Waals surface area contributed by atoms with Gasteiger partial charge in [-0.2, -0.15) is 0 Å². The Labute approximate surface area is 55.4 Å². The zero-order valence-electron chi connectivity index (χ0n) is 4.81. The first-order chi connectivity index (χ1) is 4.63. The summed E-state index contributed by atoms with van der Waals surface area (Å²) in [5.74, 6) is -4.20. The molecule has 54 valence electrons. The number of hydrogen-bond donors (Lipinski definition) is 2. The lowest BCUT2D eigenvalue weighted by atomic mass is 10.3. The van der Waals surface area contributed by atoms with Gasteiger partial charge in [-0.25, -0.2) is 8.78 Å². The summed E-state index contributed by atoms with van der Waals surface area (Å²) in [6.45, 7) is 0. The molecule has 0 atom stereocenters. The van der Waals surface area contributed by atoms with Crippen LogP contribution in [0.1, 0.15) is 0 Å². The number of halogens is 2. The molecule has 0 saturated carbocycles. The van der Waals surface area contributed by atoms with E-state index in [-0.39, 0.29) is 0 Å². The molecule has 0 spiro atoms. The summed E-state index contributed by atoms with van der Waals surface area (Å²) >= 11 is 0. The van der Waals surface area contributed by atoms with Crippen LogP contribution in [-0.4, -0.2) is 10.2 Å². The van der Waals surface area contributed by atoms with E-state index in [1.54, 1.807) is 0 Å². The van der Waals surface area contributed by atoms with Crippen molar-refractivity contribution in [3.8, 4) is 11.5 Å². The molecule has 0 aliphatic carbocycles. The quantitative estimate of drug-likeness (QED) is 0.543. The first kappa shape index (κ1) is 6.80. The summed E-state index contributed by atoms with van der Waals surface area (Å²) in [6.07, 6.45) is 0. The average Bonchev–Trinajstić information content (AvgIpc) is 1.93. The van der Waals surface area contributed by atoms with Crippen molar-refractivity contribution in [2.24, 2.45) is 0 Å². The molecule has 4 heteroatoms. The minimum Gasteiger partial charge on any atom is -0.502 e. The van der Waals surface area contributed by atoms with Gasteiger partial charge in [-0.15, -0.1) is 0 Å². The average molecular weight is 146 g/mol. The van der Waals surface area contributed by atoms with Gasteiger partial charge in [0.05, 0.1) is 0 Å². The van der Waals surface area contributed by atoms with Gasteiger partial charge < -0.3 is 10.2 Å². The van der Waals surface area contributed by atoms with Crippen molar-refractivity contribution in [2.75, 3.05) is 0 Å². The van der Waals surface area contributed by atoms with Gasteiger partial charge in [0.15, 0.2) is 23.1 Å². The topological polar surface area (TPSA) is 40.5 Å². The van der Waals surface area contributed by atoms with Gasteiger partial charge in [0.2, 0.25) is 0 Å². The minimum atomic E-state index is -1.06. The monoisotopic (exact) mass is 146 g/mol. The Morgan fingerprint density at radius 3 is 1.50 bits per heavy atom. The molecule has 2 nitrogen and oxygen atoms in total. The van der Waals surface area contributed by atoms with Crippen LogP contribution < -0.4 is 0 Å². The summed E-state index contributed by atoms with van der Waals surface area (Å²) < 4.78 is 24.4. The van der Waals surface area contributed by atoms with Crippen LogP contribution in [0.25, 0.3) is 0 Å². The highest BCUT2D eigenvalue weighted by Gasteiger charge is 2.09. The van der Waals surface area contributed by atoms with E-state index in [4.69, 9.17) is 10.2 Å². The lowest BCUT2D eigenvalue weighted by molar-refractivity contribution is 0.359. The molecule has 0 radical (unpaired) electrons. The second-order valence-electron chi connectivity index (χ2n) is 1.73. The lowest BCUT2D eigenvalue weighted by Gasteiger charge is -1.97. The van der Waals surface area contributed by atoms with Crippen LogP contribution in [-0.2, 0) is 0 Å². The van der Waals surface area contributed by atoms with E-state index < -0.39 is 23.1 Å². The fourth-order valence-corrected chi connectivity index (χ4v) is 0.530. The molecule has 0 heterocycles. The van der Waals surface area contributed by atoms with Gasteiger partial charge in [-0.3, -0.25) is 0 Å². The molecule has 0 saturated heterocycles. The van der Waals surface area contributed by atoms with Crippen LogP contribution in [0.5, 0.6) is 11.5 Å². The number of rotatable bonds is 0. The number of phenolic OH excluding ortho intramolecular Hbond substituents is 2. The van der Waals surface area contributed by atoms with Gasteiger partial charge in [0.25, 0.3) is 0 Å². The first-order valence-electron chi connectivity index (χ1n) is 2.49. The standard InChI is InChI=1S/C6H4F2O2/c7-3-1-2-4(8)6(10)5(3)9/h1-2,9-10H. The summed E-state index contributed by atoms with van der Waals surface area (Å²) in [6, 6.07) is 1.45. The molecule has 0 aliphatic heterocycles. The van der Waals surface area contributed by atoms with Crippen molar-refractivity contribution in [2.45, 2.75) is 0 Å². The maximum absolute atomic E-state index is 12.2. The Morgan fingerprint density at radius 1 is 0.900 bits per heavy atom. The fraction of sp³-hybridized carbons (Fsp3) is 0. The summed E-state index contributed by atoms with van der Waals surface area (Å²) in [5, 5.41) is 17.0. The molecule has 1 rings (SSSR count). The third-order valence-corrected chi connectivity index (χ3v) is 1.05. The predicted octanol–water partition coefficient (Wildman–Crippen LogP) is 1.38. The van der Waals surface area contributed by atoms with Crippen LogP contribution in [0, 0.1) is 11.6 Å². The van der Waals surface area contributed by atoms with E-state index in [1.807, 2.05) is 0 Å². The SMILES string of the molecule is Oc1c(F)ccc(F)c1O. The van der Waals surface area contributed by atoms with E-state index in [0.29, 0.717) is 0 Å². The van der Waals surface area contributed by atoms with Crippen LogP contribution in [0.3, 0.4) is 0 Å². The van der Waals surface area contributed by atoms with E-state index in [0.717, 1.165) is 12.1 Å². The number of phenols is 2. The maximum Gasteiger partial charge on any atom is 0.197 e. The summed E-state index contributed by atoms with van der Waals surface area (Å²) in [4.78, 5) is 0. The van der Waals surface area contributed by atoms with E-state index in [2.05, 4.69) is 0 Å². The van der Waals surface area contributed by atoms with E-state index in [1.165, 1.54) is 0 Å². The summed E-state index contributed by atoms with van der Waals surface area (Å²) in [7, 11) is 0. The molecule has 1 aromatic carbocycles. The Bertz CT molecular complexity index is 233. The molecule has 0 aliphatic rings. The minimum absolute atomic E-state index is 0.727. The van der Waals surface area contributed by atoms with Crippen molar-refractivity contribution in [1.82, 2.24) is 0 Å². The van der Waals surface area contributed by atoms with Gasteiger partial charge in [-0.05, 0) is 12.1 Å². The molecule has 10 heavy (non-hydrogen) atoms. The zero-order chi connectivity index (χ0) is 7.72. The van der Waals surface area contributed by atoms with E-state index >= 15 is 0 Å². The smallest absolute Gasteiger partial charge is 0.197 e. The van der Waals surface area contributed by atoms with Crippen molar-refractivity contribution in [1.29, 1.82) is 0 Å². The lowest BCUT2D eigenvalue weighted by Crippen LogP contribution is -1.80. The highest BCUT2D eigenvalue weighted by Crippen LogP contribution is 2.29. The van der Waals surface area contributed by atoms with Gasteiger partial charge >= 0.3 is 0 Å². The van der Waals surface area contributed by atoms with Crippen LogP contribution in [0.15, 0.2) is 12.1 Å². The van der Waals surface area contributed by atoms with Crippen molar-refractivity contribution in [3.05, 3.63) is 23.8 Å². The van der Waals surface area contributed by atoms with Gasteiger partial charge in [0.1, 0.15) is 0 Å². The van der Waals surface area contributed by atoms with Gasteiger partial charge in [-0.1, -0.05) is 0 Å². The van der Waals surface area contributed by atoms with Crippen molar-refractivity contribution < 1.29 is 19.0 Å². The van der Waals surface area contributed by atoms with Gasteiger partial charge in [0, 0.05) is 0 Å². The number of benzene rings is 1. The van der Waals surface area contributed by atoms with Crippen molar-refractivity contribution in [3.63, 3.8) is 0 Å². The molecule has 0 aromatic heterocycles. The predicted molar refractivity (Wildman–Crippen MR) is 29.7 cm³/mol. The highest BCUT2D eigenvalue weighted by atomic mass is 19.1. The van der Waals surface area contributed by atoms with Crippen LogP contribution in [0.4, 0.5) is 8.78 Å². The third kappa shape index (κ3) is 0.877. The second-order valence-corrected chi connectivity index (χ2v) is 1.73. The fourth-order valence-electron chi connectivity index (χ4n) is 0.530. The van der Waals surface area contributed by atoms with E-state index in [9.17, 15) is 8.78 Å². The van der Waals surface area contributed by atoms with Crippen LogP contribution in [0.2, 0.25) is 0 Å². The number of aromatic hydroxyl groups is 2. The molecule has 0 amide bonds. The maximum atomic E-state index is 12.2. The van der Waals surface area contributed by atoms with Crippen LogP contribution >= 0.6 is 0 Å². The molecule has 1 aromatic rings. The molecular formula is C6H4F2O2. The normalized spacial score (nSPS) is 9.80. The first-order valence-corrected chi connectivity index (χ1v) is 2.49. The Balaban J connectivity index is 3.34. The second kappa shape index (κ2) is 2.13. The Hall–Kier alpha value is -1.32. The highest BCUT2D eigenvalue weighted by molar-refractivity contribution is 5.39. The molecule has 0 fully saturated rings. The molecule has 0 unspecified atom stereocenters. The molecule has 0 bridgehead atoms. The number of hydrogen-bond acceptors (Lipinski definition) is 2. The Kier molecular flexibility index (Phi) is 1.45. The third-order valence-electron chi connectivity index (χ3n) is 1.05. The Morgan fingerprint density at radius 2 is 1.20 bits per heavy atom. The van der Waals surface area contributed by atoms with Crippen molar-refractivity contribution >= 4 is 0 Å². The molecule has 2 N–H and O–H groups in total. The largest absolute Gasteiger partial charge is 0.502 e. The zero-order valence-corrected chi connectivity index (χ0v) is 4.81. The summed E-state index contributed by atoms with van der Waals surface area (Å²) in [5.41, 5.74) is 0. The molecular weight excluding hydrogens is 142 g/mol.